The fourth-order valence-electron chi connectivity index (χ4n) is 3.03. The van der Waals surface area contributed by atoms with Gasteiger partial charge in [-0.25, -0.2) is 4.99 Å². The number of aryl methyl sites for hydroxylation is 1. The summed E-state index contributed by atoms with van der Waals surface area (Å²) in [5, 5.41) is 12.2. The first-order valence-electron chi connectivity index (χ1n) is 7.27. The maximum atomic E-state index is 8.95. The molecule has 2 aliphatic rings. The van der Waals surface area contributed by atoms with Crippen LogP contribution in [0.5, 0.6) is 0 Å². The van der Waals surface area contributed by atoms with E-state index < -0.39 is 0 Å². The number of hydrogen-bond donors (Lipinski definition) is 1. The van der Waals surface area contributed by atoms with E-state index >= 15 is 0 Å². The third-order valence-corrected chi connectivity index (χ3v) is 4.21. The van der Waals surface area contributed by atoms with E-state index in [4.69, 9.17) is 15.0 Å². The zero-order valence-electron chi connectivity index (χ0n) is 11.8. The first-order chi connectivity index (χ1) is 9.74. The van der Waals surface area contributed by atoms with Crippen molar-refractivity contribution in [2.45, 2.75) is 44.6 Å². The molecule has 0 amide bonds. The molecule has 1 fully saturated rings. The van der Waals surface area contributed by atoms with Crippen molar-refractivity contribution in [3.63, 3.8) is 0 Å². The Balaban J connectivity index is 1.80. The lowest BCUT2D eigenvalue weighted by Crippen LogP contribution is -2.22. The lowest BCUT2D eigenvalue weighted by molar-refractivity contribution is 0.257. The second-order valence-electron chi connectivity index (χ2n) is 5.60. The molecule has 1 N–H and O–H groups in total. The molecule has 0 radical (unpaired) electrons. The largest absolute Gasteiger partial charge is 0.462 e. The topological polar surface area (TPSA) is 57.4 Å². The molecule has 0 aromatic heterocycles. The first-order valence-corrected chi connectivity index (χ1v) is 7.27. The van der Waals surface area contributed by atoms with Crippen LogP contribution in [0, 0.1) is 11.3 Å². The van der Waals surface area contributed by atoms with Crippen molar-refractivity contribution in [1.82, 2.24) is 0 Å². The molecule has 4 nitrogen and oxygen atoms in total. The Kier molecular flexibility index (Phi) is 3.35. The molecular formula is C16H19N3O. The molecule has 0 atom stereocenters. The number of amidine groups is 1. The quantitative estimate of drug-likeness (QED) is 0.896. The van der Waals surface area contributed by atoms with E-state index in [1.165, 1.54) is 12.8 Å². The SMILES string of the molecule is CCc1cc(C#N)ccc1NC1=NC2(CCCC2)CO1. The minimum Gasteiger partial charge on any atom is -0.462 e. The highest BCUT2D eigenvalue weighted by molar-refractivity contribution is 5.91. The van der Waals surface area contributed by atoms with Gasteiger partial charge in [-0.2, -0.15) is 5.26 Å². The molecule has 0 unspecified atom stereocenters. The van der Waals surface area contributed by atoms with Crippen LogP contribution in [-0.4, -0.2) is 18.2 Å². The summed E-state index contributed by atoms with van der Waals surface area (Å²) >= 11 is 0. The summed E-state index contributed by atoms with van der Waals surface area (Å²) in [6, 6.07) is 8.48. The molecule has 1 heterocycles. The minimum atomic E-state index is 0.0291. The van der Waals surface area contributed by atoms with E-state index in [2.05, 4.69) is 18.3 Å². The van der Waals surface area contributed by atoms with Crippen molar-refractivity contribution < 1.29 is 4.74 Å². The third kappa shape index (κ3) is 2.36. The number of nitrogens with zero attached hydrogens (tertiary/aromatic N) is 2. The molecular weight excluding hydrogens is 250 g/mol. The molecule has 20 heavy (non-hydrogen) atoms. The Hall–Kier alpha value is -2.02. The van der Waals surface area contributed by atoms with Crippen LogP contribution >= 0.6 is 0 Å². The van der Waals surface area contributed by atoms with Gasteiger partial charge in [0.25, 0.3) is 6.02 Å². The van der Waals surface area contributed by atoms with Gasteiger partial charge in [-0.3, -0.25) is 0 Å². The zero-order valence-corrected chi connectivity index (χ0v) is 11.8. The van der Waals surface area contributed by atoms with E-state index in [0.717, 1.165) is 30.5 Å². The van der Waals surface area contributed by atoms with Crippen LogP contribution in [0.15, 0.2) is 23.2 Å². The summed E-state index contributed by atoms with van der Waals surface area (Å²) in [7, 11) is 0. The molecule has 104 valence electrons. The molecule has 4 heteroatoms. The van der Waals surface area contributed by atoms with E-state index in [1.807, 2.05) is 18.2 Å². The lowest BCUT2D eigenvalue weighted by atomic mass is 10.0. The summed E-state index contributed by atoms with van der Waals surface area (Å²) in [6.45, 7) is 2.78. The van der Waals surface area contributed by atoms with Crippen molar-refractivity contribution in [3.8, 4) is 6.07 Å². The van der Waals surface area contributed by atoms with E-state index in [0.29, 0.717) is 18.2 Å². The van der Waals surface area contributed by atoms with Crippen LogP contribution in [0.3, 0.4) is 0 Å². The Morgan fingerprint density at radius 1 is 1.40 bits per heavy atom. The van der Waals surface area contributed by atoms with Crippen LogP contribution < -0.4 is 5.32 Å². The van der Waals surface area contributed by atoms with E-state index in [-0.39, 0.29) is 5.54 Å². The van der Waals surface area contributed by atoms with Gasteiger partial charge < -0.3 is 10.1 Å². The number of ether oxygens (including phenoxy) is 1. The number of rotatable bonds is 2. The van der Waals surface area contributed by atoms with Gasteiger partial charge in [-0.1, -0.05) is 19.8 Å². The molecule has 0 saturated heterocycles. The summed E-state index contributed by atoms with van der Waals surface area (Å²) in [5.74, 6) is 0. The van der Waals surface area contributed by atoms with Gasteiger partial charge in [0.2, 0.25) is 0 Å². The molecule has 1 aliphatic carbocycles. The molecule has 3 rings (SSSR count). The second kappa shape index (κ2) is 5.16. The van der Waals surface area contributed by atoms with Gasteiger partial charge in [-0.05, 0) is 43.0 Å². The zero-order chi connectivity index (χ0) is 14.0. The maximum Gasteiger partial charge on any atom is 0.289 e. The molecule has 1 aromatic carbocycles. The maximum absolute atomic E-state index is 8.95. The highest BCUT2D eigenvalue weighted by atomic mass is 16.5. The van der Waals surface area contributed by atoms with Crippen molar-refractivity contribution in [2.75, 3.05) is 11.9 Å². The molecule has 0 bridgehead atoms. The predicted molar refractivity (Wildman–Crippen MR) is 78.7 cm³/mol. The van der Waals surface area contributed by atoms with Crippen LogP contribution in [0.25, 0.3) is 0 Å². The molecule has 1 spiro atoms. The number of hydrogen-bond acceptors (Lipinski definition) is 4. The molecule has 1 aromatic rings. The Morgan fingerprint density at radius 3 is 2.90 bits per heavy atom. The highest BCUT2D eigenvalue weighted by Crippen LogP contribution is 2.36. The predicted octanol–water partition coefficient (Wildman–Crippen LogP) is 3.23. The van der Waals surface area contributed by atoms with Crippen molar-refractivity contribution >= 4 is 11.7 Å². The van der Waals surface area contributed by atoms with Crippen LogP contribution in [0.2, 0.25) is 0 Å². The van der Waals surface area contributed by atoms with Gasteiger partial charge >= 0.3 is 0 Å². The normalized spacial score (nSPS) is 19.5. The van der Waals surface area contributed by atoms with Gasteiger partial charge in [0.1, 0.15) is 12.1 Å². The Bertz CT molecular complexity index is 580. The van der Waals surface area contributed by atoms with Crippen molar-refractivity contribution in [1.29, 1.82) is 5.26 Å². The van der Waals surface area contributed by atoms with Crippen LogP contribution in [0.1, 0.15) is 43.7 Å². The van der Waals surface area contributed by atoms with Gasteiger partial charge in [-0.15, -0.1) is 0 Å². The first kappa shape index (κ1) is 13.0. The summed E-state index contributed by atoms with van der Waals surface area (Å²) in [4.78, 5) is 4.75. The summed E-state index contributed by atoms with van der Waals surface area (Å²) in [5.41, 5.74) is 2.82. The fourth-order valence-corrected chi connectivity index (χ4v) is 3.03. The summed E-state index contributed by atoms with van der Waals surface area (Å²) < 4.78 is 5.72. The minimum absolute atomic E-state index is 0.0291. The van der Waals surface area contributed by atoms with E-state index in [1.54, 1.807) is 0 Å². The third-order valence-electron chi connectivity index (χ3n) is 4.21. The van der Waals surface area contributed by atoms with Gasteiger partial charge in [0.05, 0.1) is 11.6 Å². The smallest absolute Gasteiger partial charge is 0.289 e. The van der Waals surface area contributed by atoms with Gasteiger partial charge in [0, 0.05) is 5.69 Å². The Labute approximate surface area is 119 Å². The fraction of sp³-hybridized carbons (Fsp3) is 0.500. The summed E-state index contributed by atoms with van der Waals surface area (Å²) in [6.07, 6.45) is 5.63. The van der Waals surface area contributed by atoms with Gasteiger partial charge in [0.15, 0.2) is 0 Å². The molecule has 1 aliphatic heterocycles. The number of benzene rings is 1. The Morgan fingerprint density at radius 2 is 2.20 bits per heavy atom. The monoisotopic (exact) mass is 269 g/mol. The number of nitrogens with one attached hydrogen (secondary N) is 1. The van der Waals surface area contributed by atoms with E-state index in [9.17, 15) is 0 Å². The van der Waals surface area contributed by atoms with Crippen molar-refractivity contribution in [2.24, 2.45) is 4.99 Å². The average molecular weight is 269 g/mol. The average Bonchev–Trinajstić information content (AvgIpc) is 3.10. The number of aliphatic imine (C=N–C) groups is 1. The molecule has 1 saturated carbocycles. The number of nitriles is 1. The second-order valence-corrected chi connectivity index (χ2v) is 5.60. The standard InChI is InChI=1S/C16H19N3O/c1-2-13-9-12(10-17)5-6-14(13)18-15-19-16(11-20-15)7-3-4-8-16/h5-6,9H,2-4,7-8,11H2,1H3,(H,18,19). The lowest BCUT2D eigenvalue weighted by Gasteiger charge is -2.14. The van der Waals surface area contributed by atoms with Crippen molar-refractivity contribution in [3.05, 3.63) is 29.3 Å². The van der Waals surface area contributed by atoms with Crippen LogP contribution in [0.4, 0.5) is 5.69 Å². The number of anilines is 1. The van der Waals surface area contributed by atoms with Crippen LogP contribution in [-0.2, 0) is 11.2 Å². The highest BCUT2D eigenvalue weighted by Gasteiger charge is 2.39.